The summed E-state index contributed by atoms with van der Waals surface area (Å²) in [6.45, 7) is 3.74. The SMILES string of the molecule is CCc1cccc(NC(N)=NCCCCNc2ccccn2)c1.I. The lowest BCUT2D eigenvalue weighted by atomic mass is 10.1. The van der Waals surface area contributed by atoms with Crippen molar-refractivity contribution >= 4 is 41.4 Å². The molecular formula is C18H26IN5. The number of pyridine rings is 1. The zero-order valence-corrected chi connectivity index (χ0v) is 16.4. The summed E-state index contributed by atoms with van der Waals surface area (Å²) in [4.78, 5) is 8.58. The third-order valence-corrected chi connectivity index (χ3v) is 3.45. The van der Waals surface area contributed by atoms with Crippen LogP contribution in [0.25, 0.3) is 0 Å². The lowest BCUT2D eigenvalue weighted by molar-refractivity contribution is 0.772. The molecule has 0 bridgehead atoms. The molecule has 5 nitrogen and oxygen atoms in total. The lowest BCUT2D eigenvalue weighted by Crippen LogP contribution is -2.23. The highest BCUT2D eigenvalue weighted by Crippen LogP contribution is 2.10. The van der Waals surface area contributed by atoms with Gasteiger partial charge in [0.25, 0.3) is 0 Å². The van der Waals surface area contributed by atoms with Gasteiger partial charge in [-0.15, -0.1) is 24.0 Å². The second-order valence-electron chi connectivity index (χ2n) is 5.29. The van der Waals surface area contributed by atoms with E-state index in [9.17, 15) is 0 Å². The monoisotopic (exact) mass is 439 g/mol. The van der Waals surface area contributed by atoms with E-state index in [1.54, 1.807) is 6.20 Å². The van der Waals surface area contributed by atoms with Crippen molar-refractivity contribution in [1.29, 1.82) is 0 Å². The molecule has 2 aromatic rings. The summed E-state index contributed by atoms with van der Waals surface area (Å²) in [5.74, 6) is 1.38. The van der Waals surface area contributed by atoms with Crippen molar-refractivity contribution in [2.45, 2.75) is 26.2 Å². The minimum Gasteiger partial charge on any atom is -0.370 e. The van der Waals surface area contributed by atoms with E-state index in [1.807, 2.05) is 30.3 Å². The highest BCUT2D eigenvalue weighted by atomic mass is 127. The van der Waals surface area contributed by atoms with E-state index in [-0.39, 0.29) is 24.0 Å². The molecule has 4 N–H and O–H groups in total. The molecule has 0 unspecified atom stereocenters. The Labute approximate surface area is 161 Å². The summed E-state index contributed by atoms with van der Waals surface area (Å²) in [6, 6.07) is 14.1. The van der Waals surface area contributed by atoms with Crippen LogP contribution in [-0.4, -0.2) is 24.0 Å². The molecule has 1 aromatic heterocycles. The highest BCUT2D eigenvalue weighted by molar-refractivity contribution is 14.0. The molecule has 0 saturated carbocycles. The Bertz CT molecular complexity index is 616. The van der Waals surface area contributed by atoms with Crippen LogP contribution in [0.5, 0.6) is 0 Å². The van der Waals surface area contributed by atoms with Gasteiger partial charge in [0.2, 0.25) is 0 Å². The second-order valence-corrected chi connectivity index (χ2v) is 5.29. The third-order valence-electron chi connectivity index (χ3n) is 3.45. The van der Waals surface area contributed by atoms with Crippen LogP contribution in [0.4, 0.5) is 11.5 Å². The van der Waals surface area contributed by atoms with Crippen LogP contribution in [0.1, 0.15) is 25.3 Å². The van der Waals surface area contributed by atoms with Gasteiger partial charge in [-0.25, -0.2) is 4.98 Å². The average molecular weight is 439 g/mol. The first-order valence-electron chi connectivity index (χ1n) is 8.08. The predicted molar refractivity (Wildman–Crippen MR) is 113 cm³/mol. The second kappa shape index (κ2) is 11.7. The molecule has 130 valence electrons. The molecule has 0 aliphatic rings. The van der Waals surface area contributed by atoms with Gasteiger partial charge in [0.05, 0.1) is 0 Å². The number of hydrogen-bond donors (Lipinski definition) is 3. The maximum Gasteiger partial charge on any atom is 0.193 e. The van der Waals surface area contributed by atoms with Crippen molar-refractivity contribution < 1.29 is 0 Å². The Hall–Kier alpha value is -1.83. The van der Waals surface area contributed by atoms with Crippen molar-refractivity contribution in [1.82, 2.24) is 4.98 Å². The van der Waals surface area contributed by atoms with Gasteiger partial charge in [-0.2, -0.15) is 0 Å². The summed E-state index contributed by atoms with van der Waals surface area (Å²) < 4.78 is 0. The van der Waals surface area contributed by atoms with Crippen LogP contribution in [0.2, 0.25) is 0 Å². The Morgan fingerprint density at radius 2 is 2.04 bits per heavy atom. The molecule has 0 spiro atoms. The quantitative estimate of drug-likeness (QED) is 0.253. The first kappa shape index (κ1) is 20.2. The highest BCUT2D eigenvalue weighted by Gasteiger charge is 1.97. The molecule has 6 heteroatoms. The number of aryl methyl sites for hydroxylation is 1. The lowest BCUT2D eigenvalue weighted by Gasteiger charge is -2.07. The van der Waals surface area contributed by atoms with Gasteiger partial charge < -0.3 is 16.4 Å². The molecule has 0 saturated heterocycles. The van der Waals surface area contributed by atoms with Crippen molar-refractivity contribution in [3.05, 3.63) is 54.2 Å². The number of halogens is 1. The van der Waals surface area contributed by atoms with E-state index < -0.39 is 0 Å². The van der Waals surface area contributed by atoms with Crippen LogP contribution in [-0.2, 0) is 6.42 Å². The first-order chi connectivity index (χ1) is 11.3. The molecule has 0 aliphatic heterocycles. The molecule has 24 heavy (non-hydrogen) atoms. The van der Waals surface area contributed by atoms with E-state index in [1.165, 1.54) is 5.56 Å². The number of nitrogens with one attached hydrogen (secondary N) is 2. The Kier molecular flexibility index (Phi) is 9.83. The average Bonchev–Trinajstić information content (AvgIpc) is 2.59. The largest absolute Gasteiger partial charge is 0.370 e. The molecule has 0 fully saturated rings. The molecule has 0 aliphatic carbocycles. The number of benzene rings is 1. The van der Waals surface area contributed by atoms with Crippen molar-refractivity contribution in [3.8, 4) is 0 Å². The van der Waals surface area contributed by atoms with Crippen LogP contribution in [0.15, 0.2) is 53.7 Å². The number of hydrogen-bond acceptors (Lipinski definition) is 3. The van der Waals surface area contributed by atoms with Gasteiger partial charge in [0, 0.05) is 25.0 Å². The van der Waals surface area contributed by atoms with E-state index in [2.05, 4.69) is 39.7 Å². The smallest absolute Gasteiger partial charge is 0.193 e. The molecular weight excluding hydrogens is 413 g/mol. The molecule has 1 aromatic carbocycles. The normalized spacial score (nSPS) is 10.8. The zero-order valence-electron chi connectivity index (χ0n) is 14.0. The van der Waals surface area contributed by atoms with E-state index in [0.29, 0.717) is 5.96 Å². The summed E-state index contributed by atoms with van der Waals surface area (Å²) in [7, 11) is 0. The number of aromatic nitrogens is 1. The van der Waals surface area contributed by atoms with Gasteiger partial charge in [0.15, 0.2) is 5.96 Å². The molecule has 0 atom stereocenters. The molecule has 2 rings (SSSR count). The van der Waals surface area contributed by atoms with Crippen molar-refractivity contribution in [3.63, 3.8) is 0 Å². The maximum absolute atomic E-state index is 5.92. The number of nitrogens with two attached hydrogens (primary N) is 1. The summed E-state index contributed by atoms with van der Waals surface area (Å²) in [6.07, 6.45) is 4.80. The van der Waals surface area contributed by atoms with Gasteiger partial charge in [-0.3, -0.25) is 4.99 Å². The van der Waals surface area contributed by atoms with E-state index >= 15 is 0 Å². The number of guanidine groups is 1. The van der Waals surface area contributed by atoms with Gasteiger partial charge in [-0.1, -0.05) is 25.1 Å². The van der Waals surface area contributed by atoms with Gasteiger partial charge >= 0.3 is 0 Å². The van der Waals surface area contributed by atoms with Gasteiger partial charge in [-0.05, 0) is 49.1 Å². The minimum absolute atomic E-state index is 0. The molecule has 1 heterocycles. The molecule has 0 amide bonds. The topological polar surface area (TPSA) is 75.3 Å². The van der Waals surface area contributed by atoms with Gasteiger partial charge in [0.1, 0.15) is 5.82 Å². The fraction of sp³-hybridized carbons (Fsp3) is 0.333. The van der Waals surface area contributed by atoms with Crippen LogP contribution < -0.4 is 16.4 Å². The Morgan fingerprint density at radius 3 is 2.79 bits per heavy atom. The number of rotatable bonds is 8. The first-order valence-corrected chi connectivity index (χ1v) is 8.08. The number of anilines is 2. The van der Waals surface area contributed by atoms with E-state index in [4.69, 9.17) is 5.73 Å². The molecule has 0 radical (unpaired) electrons. The maximum atomic E-state index is 5.92. The Morgan fingerprint density at radius 1 is 1.17 bits per heavy atom. The third kappa shape index (κ3) is 7.63. The summed E-state index contributed by atoms with van der Waals surface area (Å²) >= 11 is 0. The van der Waals surface area contributed by atoms with E-state index in [0.717, 1.165) is 43.9 Å². The number of aliphatic imine (C=N–C) groups is 1. The minimum atomic E-state index is 0. The fourth-order valence-corrected chi connectivity index (χ4v) is 2.18. The summed E-state index contributed by atoms with van der Waals surface area (Å²) in [5.41, 5.74) is 8.19. The fourth-order valence-electron chi connectivity index (χ4n) is 2.18. The zero-order chi connectivity index (χ0) is 16.3. The predicted octanol–water partition coefficient (Wildman–Crippen LogP) is 3.88. The summed E-state index contributed by atoms with van der Waals surface area (Å²) in [5, 5.41) is 6.41. The standard InChI is InChI=1S/C18H25N5.HI/c1-2-15-8-7-9-16(14-15)23-18(19)22-13-6-5-12-21-17-10-3-4-11-20-17;/h3-4,7-11,14H,2,5-6,12-13H2,1H3,(H,20,21)(H3,19,22,23);1H. The van der Waals surface area contributed by atoms with Crippen LogP contribution >= 0.6 is 24.0 Å². The van der Waals surface area contributed by atoms with Crippen LogP contribution in [0, 0.1) is 0 Å². The number of nitrogens with zero attached hydrogens (tertiary/aromatic N) is 2. The number of unbranched alkanes of at least 4 members (excludes halogenated alkanes) is 1. The van der Waals surface area contributed by atoms with Crippen LogP contribution in [0.3, 0.4) is 0 Å². The van der Waals surface area contributed by atoms with Crippen molar-refractivity contribution in [2.75, 3.05) is 23.7 Å². The Balaban J connectivity index is 0.00000288. The van der Waals surface area contributed by atoms with Crippen molar-refractivity contribution in [2.24, 2.45) is 10.7 Å².